The molecule has 1 aliphatic rings. The van der Waals surface area contributed by atoms with Gasteiger partial charge >= 0.3 is 0 Å². The maximum absolute atomic E-state index is 5.83. The molecule has 16 heavy (non-hydrogen) atoms. The van der Waals surface area contributed by atoms with Gasteiger partial charge in [-0.15, -0.1) is 0 Å². The molecule has 0 unspecified atom stereocenters. The zero-order chi connectivity index (χ0) is 11.5. The second kappa shape index (κ2) is 4.76. The van der Waals surface area contributed by atoms with E-state index in [2.05, 4.69) is 14.9 Å². The van der Waals surface area contributed by atoms with Gasteiger partial charge in [-0.2, -0.15) is 0 Å². The summed E-state index contributed by atoms with van der Waals surface area (Å²) in [6, 6.07) is -0.0151. The van der Waals surface area contributed by atoms with Crippen LogP contribution in [-0.4, -0.2) is 36.3 Å². The third kappa shape index (κ3) is 2.31. The van der Waals surface area contributed by atoms with E-state index in [0.29, 0.717) is 0 Å². The van der Waals surface area contributed by atoms with Gasteiger partial charge in [-0.05, 0) is 13.8 Å². The molecular formula is C11H18N4O. The fraction of sp³-hybridized carbons (Fsp3) is 0.636. The summed E-state index contributed by atoms with van der Waals surface area (Å²) in [5, 5.41) is 0. The van der Waals surface area contributed by atoms with Gasteiger partial charge in [0.2, 0.25) is 5.95 Å². The fourth-order valence-corrected chi connectivity index (χ4v) is 1.83. The normalized spacial score (nSPS) is 18.6. The molecule has 0 bridgehead atoms. The van der Waals surface area contributed by atoms with E-state index in [1.54, 1.807) is 0 Å². The number of aromatic nitrogens is 2. The molecule has 0 aliphatic carbocycles. The number of morpholine rings is 1. The molecular weight excluding hydrogens is 204 g/mol. The Morgan fingerprint density at radius 1 is 1.44 bits per heavy atom. The topological polar surface area (TPSA) is 64.3 Å². The van der Waals surface area contributed by atoms with E-state index < -0.39 is 0 Å². The first-order chi connectivity index (χ1) is 7.68. The van der Waals surface area contributed by atoms with E-state index in [4.69, 9.17) is 10.5 Å². The lowest BCUT2D eigenvalue weighted by Crippen LogP contribution is -2.37. The fourth-order valence-electron chi connectivity index (χ4n) is 1.83. The van der Waals surface area contributed by atoms with Crippen LogP contribution in [0.2, 0.25) is 0 Å². The number of hydrogen-bond acceptors (Lipinski definition) is 5. The van der Waals surface area contributed by atoms with Gasteiger partial charge in [-0.1, -0.05) is 0 Å². The van der Waals surface area contributed by atoms with Gasteiger partial charge in [-0.3, -0.25) is 0 Å². The molecule has 2 N–H and O–H groups in total. The summed E-state index contributed by atoms with van der Waals surface area (Å²) in [5.74, 6) is 0.783. The predicted octanol–water partition coefficient (Wildman–Crippen LogP) is 0.641. The van der Waals surface area contributed by atoms with Crippen LogP contribution in [0.15, 0.2) is 6.20 Å². The van der Waals surface area contributed by atoms with Crippen molar-refractivity contribution in [1.29, 1.82) is 0 Å². The smallest absolute Gasteiger partial charge is 0.225 e. The molecule has 1 saturated heterocycles. The molecule has 0 amide bonds. The van der Waals surface area contributed by atoms with E-state index in [0.717, 1.165) is 43.5 Å². The van der Waals surface area contributed by atoms with Crippen molar-refractivity contribution < 1.29 is 4.74 Å². The standard InChI is InChI=1S/C11H18N4O/c1-8(12)10-7-13-11(14-9(10)2)15-3-5-16-6-4-15/h7-8H,3-6,12H2,1-2H3/t8-/m1/s1. The van der Waals surface area contributed by atoms with Crippen LogP contribution >= 0.6 is 0 Å². The Hall–Kier alpha value is -1.20. The summed E-state index contributed by atoms with van der Waals surface area (Å²) >= 11 is 0. The summed E-state index contributed by atoms with van der Waals surface area (Å²) in [6.07, 6.45) is 1.83. The molecule has 5 heteroatoms. The highest BCUT2D eigenvalue weighted by Crippen LogP contribution is 2.16. The molecule has 0 radical (unpaired) electrons. The zero-order valence-corrected chi connectivity index (χ0v) is 9.81. The van der Waals surface area contributed by atoms with Gasteiger partial charge in [0.05, 0.1) is 13.2 Å². The van der Waals surface area contributed by atoms with Crippen molar-refractivity contribution in [1.82, 2.24) is 9.97 Å². The van der Waals surface area contributed by atoms with Gasteiger partial charge < -0.3 is 15.4 Å². The molecule has 0 spiro atoms. The molecule has 1 atom stereocenters. The quantitative estimate of drug-likeness (QED) is 0.795. The highest BCUT2D eigenvalue weighted by Gasteiger charge is 2.15. The number of nitrogens with two attached hydrogens (primary N) is 1. The minimum Gasteiger partial charge on any atom is -0.378 e. The summed E-state index contributed by atoms with van der Waals surface area (Å²) in [7, 11) is 0. The van der Waals surface area contributed by atoms with Crippen molar-refractivity contribution in [3.05, 3.63) is 17.5 Å². The molecule has 0 aromatic carbocycles. The van der Waals surface area contributed by atoms with Crippen molar-refractivity contribution in [3.63, 3.8) is 0 Å². The minimum absolute atomic E-state index is 0.0151. The minimum atomic E-state index is -0.0151. The van der Waals surface area contributed by atoms with E-state index in [9.17, 15) is 0 Å². The largest absolute Gasteiger partial charge is 0.378 e. The number of aryl methyl sites for hydroxylation is 1. The molecule has 5 nitrogen and oxygen atoms in total. The lowest BCUT2D eigenvalue weighted by atomic mass is 10.1. The number of anilines is 1. The van der Waals surface area contributed by atoms with Crippen molar-refractivity contribution in [2.45, 2.75) is 19.9 Å². The highest BCUT2D eigenvalue weighted by molar-refractivity contribution is 5.34. The molecule has 1 aromatic rings. The molecule has 2 rings (SSSR count). The van der Waals surface area contributed by atoms with Crippen molar-refractivity contribution >= 4 is 5.95 Å². The number of nitrogens with zero attached hydrogens (tertiary/aromatic N) is 3. The van der Waals surface area contributed by atoms with E-state index in [1.807, 2.05) is 20.0 Å². The Morgan fingerprint density at radius 2 is 2.12 bits per heavy atom. The van der Waals surface area contributed by atoms with Crippen LogP contribution in [0.25, 0.3) is 0 Å². The molecule has 1 fully saturated rings. The van der Waals surface area contributed by atoms with Crippen LogP contribution in [0.4, 0.5) is 5.95 Å². The van der Waals surface area contributed by atoms with E-state index >= 15 is 0 Å². The Labute approximate surface area is 95.6 Å². The SMILES string of the molecule is Cc1nc(N2CCOCC2)ncc1[C@@H](C)N. The van der Waals surface area contributed by atoms with Crippen molar-refractivity contribution in [2.75, 3.05) is 31.2 Å². The lowest BCUT2D eigenvalue weighted by molar-refractivity contribution is 0.122. The molecule has 1 aromatic heterocycles. The first-order valence-corrected chi connectivity index (χ1v) is 5.60. The second-order valence-corrected chi connectivity index (χ2v) is 4.10. The van der Waals surface area contributed by atoms with Crippen LogP contribution in [0.1, 0.15) is 24.2 Å². The van der Waals surface area contributed by atoms with Crippen LogP contribution in [0.3, 0.4) is 0 Å². The Morgan fingerprint density at radius 3 is 2.69 bits per heavy atom. The lowest BCUT2D eigenvalue weighted by Gasteiger charge is -2.27. The van der Waals surface area contributed by atoms with Gasteiger partial charge in [-0.25, -0.2) is 9.97 Å². The Balaban J connectivity index is 2.19. The van der Waals surface area contributed by atoms with Crippen LogP contribution in [-0.2, 0) is 4.74 Å². The summed E-state index contributed by atoms with van der Waals surface area (Å²) in [4.78, 5) is 11.0. The third-order valence-electron chi connectivity index (χ3n) is 2.79. The summed E-state index contributed by atoms with van der Waals surface area (Å²) in [6.45, 7) is 7.13. The highest BCUT2D eigenvalue weighted by atomic mass is 16.5. The van der Waals surface area contributed by atoms with Crippen molar-refractivity contribution in [3.8, 4) is 0 Å². The number of rotatable bonds is 2. The van der Waals surface area contributed by atoms with Gasteiger partial charge in [0.25, 0.3) is 0 Å². The first-order valence-electron chi connectivity index (χ1n) is 5.60. The van der Waals surface area contributed by atoms with Crippen LogP contribution in [0.5, 0.6) is 0 Å². The first kappa shape index (κ1) is 11.3. The van der Waals surface area contributed by atoms with Gasteiger partial charge in [0.1, 0.15) is 0 Å². The summed E-state index contributed by atoms with van der Waals surface area (Å²) in [5.41, 5.74) is 7.80. The molecule has 0 saturated carbocycles. The zero-order valence-electron chi connectivity index (χ0n) is 9.81. The number of ether oxygens (including phenoxy) is 1. The monoisotopic (exact) mass is 222 g/mol. The van der Waals surface area contributed by atoms with Gasteiger partial charge in [0, 0.05) is 36.6 Å². The number of hydrogen-bond donors (Lipinski definition) is 1. The van der Waals surface area contributed by atoms with Crippen molar-refractivity contribution in [2.24, 2.45) is 5.73 Å². The van der Waals surface area contributed by atoms with Crippen LogP contribution < -0.4 is 10.6 Å². The molecule has 2 heterocycles. The molecule has 1 aliphatic heterocycles. The average molecular weight is 222 g/mol. The summed E-state index contributed by atoms with van der Waals surface area (Å²) < 4.78 is 5.30. The Bertz CT molecular complexity index is 361. The maximum atomic E-state index is 5.83. The maximum Gasteiger partial charge on any atom is 0.225 e. The molecule has 88 valence electrons. The third-order valence-corrected chi connectivity index (χ3v) is 2.79. The second-order valence-electron chi connectivity index (χ2n) is 4.10. The Kier molecular flexibility index (Phi) is 3.36. The predicted molar refractivity (Wildman–Crippen MR) is 62.4 cm³/mol. The van der Waals surface area contributed by atoms with E-state index in [1.165, 1.54) is 0 Å². The average Bonchev–Trinajstić information content (AvgIpc) is 2.29. The van der Waals surface area contributed by atoms with Gasteiger partial charge in [0.15, 0.2) is 0 Å². The van der Waals surface area contributed by atoms with Crippen LogP contribution in [0, 0.1) is 6.92 Å². The van der Waals surface area contributed by atoms with E-state index in [-0.39, 0.29) is 6.04 Å².